The number of hydrogen-bond acceptors (Lipinski definition) is 3. The van der Waals surface area contributed by atoms with E-state index in [-0.39, 0.29) is 13.4 Å². The van der Waals surface area contributed by atoms with Crippen molar-refractivity contribution in [3.8, 4) is 0 Å². The third kappa shape index (κ3) is 6.92. The van der Waals surface area contributed by atoms with E-state index < -0.39 is 0 Å². The first kappa shape index (κ1) is 13.9. The van der Waals surface area contributed by atoms with Crippen LogP contribution < -0.4 is 5.32 Å². The molecule has 1 amide bonds. The quantitative estimate of drug-likeness (QED) is 0.307. The summed E-state index contributed by atoms with van der Waals surface area (Å²) in [6.45, 7) is 3.25. The Bertz CT molecular complexity index is 275. The van der Waals surface area contributed by atoms with Crippen LogP contribution in [-0.2, 0) is 14.6 Å². The van der Waals surface area contributed by atoms with Crippen molar-refractivity contribution in [1.29, 1.82) is 0 Å². The van der Waals surface area contributed by atoms with E-state index in [2.05, 4.69) is 23.2 Å². The summed E-state index contributed by atoms with van der Waals surface area (Å²) < 4.78 is 0. The lowest BCUT2D eigenvalue weighted by Crippen LogP contribution is -2.41. The molecule has 0 bridgehead atoms. The molecular formula is C13H23NO3. The van der Waals surface area contributed by atoms with Gasteiger partial charge in [-0.3, -0.25) is 4.79 Å². The Kier molecular flexibility index (Phi) is 7.34. The maximum absolute atomic E-state index is 11.3. The number of nitrogens with one attached hydrogen (secondary N) is 1. The Morgan fingerprint density at radius 2 is 2.29 bits per heavy atom. The van der Waals surface area contributed by atoms with Crippen LogP contribution in [0.15, 0.2) is 24.3 Å². The molecule has 1 heterocycles. The molecule has 1 atom stereocenters. The molecule has 1 rings (SSSR count). The summed E-state index contributed by atoms with van der Waals surface area (Å²) in [6, 6.07) is 0. The van der Waals surface area contributed by atoms with Gasteiger partial charge in [-0.15, -0.1) is 0 Å². The van der Waals surface area contributed by atoms with Crippen molar-refractivity contribution in [3.63, 3.8) is 0 Å². The minimum absolute atomic E-state index is 0. The van der Waals surface area contributed by atoms with E-state index in [4.69, 9.17) is 4.89 Å². The van der Waals surface area contributed by atoms with Gasteiger partial charge in [0.25, 0.3) is 0 Å². The highest BCUT2D eigenvalue weighted by Gasteiger charge is 2.20. The Balaban J connectivity index is 0.00000289. The van der Waals surface area contributed by atoms with Gasteiger partial charge in [0, 0.05) is 14.0 Å². The van der Waals surface area contributed by atoms with E-state index in [1.54, 1.807) is 6.08 Å². The minimum atomic E-state index is -0.0984. The molecule has 98 valence electrons. The van der Waals surface area contributed by atoms with Gasteiger partial charge in [0.2, 0.25) is 5.91 Å². The molecule has 1 unspecified atom stereocenters. The van der Waals surface area contributed by atoms with E-state index in [0.29, 0.717) is 13.2 Å². The summed E-state index contributed by atoms with van der Waals surface area (Å²) in [6.07, 6.45) is 12.1. The standard InChI is InChI=1S/C13H21NO3.H2/c1-2-3-4-5-6-7-8-9-13(15)14-10-12-11-16-17-12;/h6-9,12H,2-5,10-11H2,1H3,(H,14,15);1H/b7-6+,9-8+;. The highest BCUT2D eigenvalue weighted by Crippen LogP contribution is 2.03. The average Bonchev–Trinajstić information content (AvgIpc) is 2.26. The third-order valence-electron chi connectivity index (χ3n) is 2.43. The zero-order valence-electron chi connectivity index (χ0n) is 10.4. The van der Waals surface area contributed by atoms with Crippen molar-refractivity contribution < 1.29 is 16.0 Å². The van der Waals surface area contributed by atoms with Crippen LogP contribution >= 0.6 is 0 Å². The van der Waals surface area contributed by atoms with Crippen LogP contribution in [0.4, 0.5) is 0 Å². The average molecular weight is 241 g/mol. The molecule has 0 aliphatic carbocycles. The fourth-order valence-corrected chi connectivity index (χ4v) is 1.36. The maximum atomic E-state index is 11.3. The summed E-state index contributed by atoms with van der Waals surface area (Å²) in [7, 11) is 0. The smallest absolute Gasteiger partial charge is 0.244 e. The van der Waals surface area contributed by atoms with Gasteiger partial charge >= 0.3 is 0 Å². The number of unbranched alkanes of at least 4 members (excludes halogenated alkanes) is 3. The Hall–Kier alpha value is -1.13. The third-order valence-corrected chi connectivity index (χ3v) is 2.43. The minimum Gasteiger partial charge on any atom is -0.350 e. The zero-order chi connectivity index (χ0) is 12.3. The summed E-state index contributed by atoms with van der Waals surface area (Å²) in [4.78, 5) is 20.5. The predicted molar refractivity (Wildman–Crippen MR) is 68.4 cm³/mol. The number of rotatable bonds is 8. The molecular weight excluding hydrogens is 218 g/mol. The van der Waals surface area contributed by atoms with E-state index in [1.165, 1.54) is 25.3 Å². The Morgan fingerprint density at radius 3 is 2.94 bits per heavy atom. The van der Waals surface area contributed by atoms with Crippen molar-refractivity contribution in [1.82, 2.24) is 5.32 Å². The summed E-state index contributed by atoms with van der Waals surface area (Å²) in [5.41, 5.74) is 0. The second kappa shape index (κ2) is 8.96. The summed E-state index contributed by atoms with van der Waals surface area (Å²) >= 11 is 0. The molecule has 0 aromatic heterocycles. The second-order valence-corrected chi connectivity index (χ2v) is 4.03. The van der Waals surface area contributed by atoms with E-state index in [1.807, 2.05) is 6.08 Å². The highest BCUT2D eigenvalue weighted by atomic mass is 17.2. The van der Waals surface area contributed by atoms with E-state index in [9.17, 15) is 4.79 Å². The van der Waals surface area contributed by atoms with Gasteiger partial charge in [0.1, 0.15) is 12.7 Å². The van der Waals surface area contributed by atoms with Crippen LogP contribution in [0.5, 0.6) is 0 Å². The molecule has 1 N–H and O–H groups in total. The Morgan fingerprint density at radius 1 is 1.47 bits per heavy atom. The molecule has 4 nitrogen and oxygen atoms in total. The van der Waals surface area contributed by atoms with Crippen LogP contribution in [0.2, 0.25) is 0 Å². The van der Waals surface area contributed by atoms with E-state index in [0.717, 1.165) is 6.42 Å². The topological polar surface area (TPSA) is 47.6 Å². The number of carbonyl (C=O) groups is 1. The fraction of sp³-hybridized carbons (Fsp3) is 0.615. The largest absolute Gasteiger partial charge is 0.350 e. The van der Waals surface area contributed by atoms with Crippen LogP contribution in [-0.4, -0.2) is 25.2 Å². The number of hydrogen-bond donors (Lipinski definition) is 1. The van der Waals surface area contributed by atoms with Crippen molar-refractivity contribution >= 4 is 5.91 Å². The Labute approximate surface area is 104 Å². The van der Waals surface area contributed by atoms with Crippen LogP contribution in [0.3, 0.4) is 0 Å². The number of amides is 1. The lowest BCUT2D eigenvalue weighted by Gasteiger charge is -2.24. The van der Waals surface area contributed by atoms with Gasteiger partial charge in [-0.25, -0.2) is 9.78 Å². The van der Waals surface area contributed by atoms with Gasteiger partial charge < -0.3 is 5.32 Å². The molecule has 0 spiro atoms. The van der Waals surface area contributed by atoms with Crippen molar-refractivity contribution in [2.75, 3.05) is 13.2 Å². The lowest BCUT2D eigenvalue weighted by atomic mass is 10.2. The normalized spacial score (nSPS) is 19.7. The van der Waals surface area contributed by atoms with Gasteiger partial charge in [0.15, 0.2) is 0 Å². The SMILES string of the molecule is CCCCC/C=C/C=C/C(=O)NCC1COO1.[HH]. The summed E-state index contributed by atoms with van der Waals surface area (Å²) in [5.74, 6) is -0.0984. The fourth-order valence-electron chi connectivity index (χ4n) is 1.36. The van der Waals surface area contributed by atoms with Crippen molar-refractivity contribution in [2.45, 2.75) is 38.7 Å². The summed E-state index contributed by atoms with van der Waals surface area (Å²) in [5, 5.41) is 2.73. The van der Waals surface area contributed by atoms with Crippen LogP contribution in [0.1, 0.15) is 34.0 Å². The predicted octanol–water partition coefficient (Wildman–Crippen LogP) is 2.37. The van der Waals surface area contributed by atoms with Gasteiger partial charge in [-0.2, -0.15) is 0 Å². The molecule has 1 aliphatic rings. The molecule has 1 aliphatic heterocycles. The highest BCUT2D eigenvalue weighted by molar-refractivity contribution is 5.87. The number of allylic oxidation sites excluding steroid dienone is 3. The van der Waals surface area contributed by atoms with Crippen LogP contribution in [0.25, 0.3) is 0 Å². The van der Waals surface area contributed by atoms with Gasteiger partial charge in [0.05, 0.1) is 0 Å². The molecule has 4 heteroatoms. The molecule has 17 heavy (non-hydrogen) atoms. The number of carbonyl (C=O) groups excluding carboxylic acids is 1. The van der Waals surface area contributed by atoms with Gasteiger partial charge in [-0.05, 0) is 12.8 Å². The molecule has 1 saturated heterocycles. The first-order chi connectivity index (χ1) is 8.33. The first-order valence-electron chi connectivity index (χ1n) is 6.22. The lowest BCUT2D eigenvalue weighted by molar-refractivity contribution is -0.421. The molecule has 0 aromatic rings. The van der Waals surface area contributed by atoms with Gasteiger partial charge in [-0.1, -0.05) is 38.0 Å². The molecule has 0 saturated carbocycles. The maximum Gasteiger partial charge on any atom is 0.244 e. The van der Waals surface area contributed by atoms with Crippen molar-refractivity contribution in [2.24, 2.45) is 0 Å². The van der Waals surface area contributed by atoms with Crippen LogP contribution in [0, 0.1) is 0 Å². The monoisotopic (exact) mass is 241 g/mol. The van der Waals surface area contributed by atoms with Crippen molar-refractivity contribution in [3.05, 3.63) is 24.3 Å². The molecule has 0 radical (unpaired) electrons. The second-order valence-electron chi connectivity index (χ2n) is 4.03. The molecule has 1 fully saturated rings. The molecule has 0 aromatic carbocycles. The van der Waals surface area contributed by atoms with E-state index >= 15 is 0 Å². The zero-order valence-corrected chi connectivity index (χ0v) is 10.4. The first-order valence-corrected chi connectivity index (χ1v) is 6.22.